The fourth-order valence-corrected chi connectivity index (χ4v) is 2.46. The van der Waals surface area contributed by atoms with Crippen LogP contribution in [0.5, 0.6) is 0 Å². The van der Waals surface area contributed by atoms with Gasteiger partial charge >= 0.3 is 0 Å². The highest BCUT2D eigenvalue weighted by atomic mass is 16.1. The van der Waals surface area contributed by atoms with Crippen molar-refractivity contribution < 1.29 is 4.79 Å². The first-order valence-electron chi connectivity index (χ1n) is 7.14. The van der Waals surface area contributed by atoms with Gasteiger partial charge in [-0.1, -0.05) is 30.3 Å². The summed E-state index contributed by atoms with van der Waals surface area (Å²) in [5.41, 5.74) is 1.91. The molecule has 4 heteroatoms. The van der Waals surface area contributed by atoms with Crippen molar-refractivity contribution in [1.29, 1.82) is 0 Å². The Hall–Kier alpha value is -2.36. The van der Waals surface area contributed by atoms with E-state index in [1.54, 1.807) is 6.20 Å². The Morgan fingerprint density at radius 3 is 2.57 bits per heavy atom. The Labute approximate surface area is 124 Å². The van der Waals surface area contributed by atoms with Crippen molar-refractivity contribution in [3.8, 4) is 0 Å². The zero-order valence-electron chi connectivity index (χ0n) is 12.3. The highest BCUT2D eigenvalue weighted by Gasteiger charge is 2.39. The third kappa shape index (κ3) is 3.05. The fourth-order valence-electron chi connectivity index (χ4n) is 2.46. The molecule has 0 spiro atoms. The quantitative estimate of drug-likeness (QED) is 0.936. The van der Waals surface area contributed by atoms with Gasteiger partial charge in [0.1, 0.15) is 5.82 Å². The van der Waals surface area contributed by atoms with Crippen LogP contribution >= 0.6 is 0 Å². The second kappa shape index (κ2) is 5.56. The summed E-state index contributed by atoms with van der Waals surface area (Å²) in [6.45, 7) is 0. The van der Waals surface area contributed by atoms with Crippen LogP contribution in [0.4, 0.5) is 5.82 Å². The maximum Gasteiger partial charge on any atom is 0.253 e. The van der Waals surface area contributed by atoms with Crippen molar-refractivity contribution in [3.63, 3.8) is 0 Å². The molecule has 1 aliphatic rings. The summed E-state index contributed by atoms with van der Waals surface area (Å²) in [7, 11) is 3.85. The molecule has 1 aromatic heterocycles. The van der Waals surface area contributed by atoms with Crippen LogP contribution in [0.2, 0.25) is 0 Å². The number of aromatic nitrogens is 1. The smallest absolute Gasteiger partial charge is 0.253 e. The zero-order valence-corrected chi connectivity index (χ0v) is 12.3. The number of nitrogens with one attached hydrogen (secondary N) is 1. The lowest BCUT2D eigenvalue weighted by Crippen LogP contribution is -2.26. The second-order valence-electron chi connectivity index (χ2n) is 5.63. The van der Waals surface area contributed by atoms with Crippen LogP contribution in [0, 0.1) is 0 Å². The van der Waals surface area contributed by atoms with Crippen molar-refractivity contribution >= 4 is 11.7 Å². The van der Waals surface area contributed by atoms with Gasteiger partial charge in [-0.25, -0.2) is 4.98 Å². The third-order valence-corrected chi connectivity index (χ3v) is 3.80. The first-order valence-corrected chi connectivity index (χ1v) is 7.14. The van der Waals surface area contributed by atoms with Crippen molar-refractivity contribution in [3.05, 3.63) is 59.8 Å². The second-order valence-corrected chi connectivity index (χ2v) is 5.63. The molecule has 0 aliphatic heterocycles. The number of carbonyl (C=O) groups excluding carboxylic acids is 1. The number of hydrogen-bond donors (Lipinski definition) is 1. The van der Waals surface area contributed by atoms with Gasteiger partial charge in [-0.05, 0) is 24.1 Å². The minimum absolute atomic E-state index is 0.0452. The van der Waals surface area contributed by atoms with Gasteiger partial charge in [0.05, 0.1) is 5.56 Å². The van der Waals surface area contributed by atoms with Gasteiger partial charge in [-0.3, -0.25) is 4.79 Å². The molecule has 2 atom stereocenters. The first-order chi connectivity index (χ1) is 10.1. The van der Waals surface area contributed by atoms with Crippen molar-refractivity contribution in [2.24, 2.45) is 0 Å². The lowest BCUT2D eigenvalue weighted by Gasteiger charge is -2.11. The Kier molecular flexibility index (Phi) is 3.60. The number of hydrogen-bond acceptors (Lipinski definition) is 3. The van der Waals surface area contributed by atoms with E-state index in [9.17, 15) is 4.79 Å². The van der Waals surface area contributed by atoms with Gasteiger partial charge in [0.2, 0.25) is 0 Å². The van der Waals surface area contributed by atoms with Crippen LogP contribution in [0.25, 0.3) is 0 Å². The minimum Gasteiger partial charge on any atom is -0.363 e. The normalized spacial score (nSPS) is 19.9. The molecular weight excluding hydrogens is 262 g/mol. The zero-order chi connectivity index (χ0) is 14.8. The Morgan fingerprint density at radius 1 is 1.19 bits per heavy atom. The number of pyridine rings is 1. The Morgan fingerprint density at radius 2 is 1.95 bits per heavy atom. The van der Waals surface area contributed by atoms with Gasteiger partial charge in [0.15, 0.2) is 0 Å². The Bertz CT molecular complexity index is 622. The monoisotopic (exact) mass is 281 g/mol. The highest BCUT2D eigenvalue weighted by Crippen LogP contribution is 2.40. The molecule has 108 valence electrons. The van der Waals surface area contributed by atoms with Gasteiger partial charge in [0, 0.05) is 32.3 Å². The summed E-state index contributed by atoms with van der Waals surface area (Å²) in [6.07, 6.45) is 2.64. The standard InChI is InChI=1S/C17H19N3O/c1-20(2)16-9-8-13(11-18-16)17(21)19-15-10-14(15)12-6-4-3-5-7-12/h3-9,11,14-15H,10H2,1-2H3,(H,19,21)/t14-,15-/m0/s1. The third-order valence-electron chi connectivity index (χ3n) is 3.80. The summed E-state index contributed by atoms with van der Waals surface area (Å²) < 4.78 is 0. The van der Waals surface area contributed by atoms with Crippen molar-refractivity contribution in [2.45, 2.75) is 18.4 Å². The first kappa shape index (κ1) is 13.6. The average Bonchev–Trinajstić information content (AvgIpc) is 3.27. The molecule has 0 bridgehead atoms. The average molecular weight is 281 g/mol. The molecule has 1 fully saturated rings. The van der Waals surface area contributed by atoms with Crippen LogP contribution in [0.15, 0.2) is 48.7 Å². The molecule has 3 rings (SSSR count). The fraction of sp³-hybridized carbons (Fsp3) is 0.294. The molecule has 1 N–H and O–H groups in total. The molecule has 0 radical (unpaired) electrons. The predicted octanol–water partition coefficient (Wildman–Crippen LogP) is 2.43. The van der Waals surface area contributed by atoms with Gasteiger partial charge in [-0.15, -0.1) is 0 Å². The maximum atomic E-state index is 12.2. The molecule has 2 aromatic rings. The van der Waals surface area contributed by atoms with Crippen molar-refractivity contribution in [2.75, 3.05) is 19.0 Å². The van der Waals surface area contributed by atoms with Crippen LogP contribution in [0.1, 0.15) is 28.3 Å². The number of rotatable bonds is 4. The largest absolute Gasteiger partial charge is 0.363 e. The van der Waals surface area contributed by atoms with Crippen LogP contribution < -0.4 is 10.2 Å². The SMILES string of the molecule is CN(C)c1ccc(C(=O)N[C@H]2C[C@H]2c2ccccc2)cn1. The molecule has 0 saturated heterocycles. The van der Waals surface area contributed by atoms with Crippen LogP contribution in [0.3, 0.4) is 0 Å². The molecule has 21 heavy (non-hydrogen) atoms. The number of anilines is 1. The van der Waals surface area contributed by atoms with Gasteiger partial charge in [0.25, 0.3) is 5.91 Å². The molecule has 1 heterocycles. The lowest BCUT2D eigenvalue weighted by molar-refractivity contribution is 0.0950. The van der Waals surface area contributed by atoms with E-state index in [4.69, 9.17) is 0 Å². The summed E-state index contributed by atoms with van der Waals surface area (Å²) in [4.78, 5) is 18.4. The molecule has 1 saturated carbocycles. The van der Waals surface area contributed by atoms with Crippen LogP contribution in [-0.2, 0) is 0 Å². The molecule has 1 aliphatic carbocycles. The minimum atomic E-state index is -0.0452. The van der Waals surface area contributed by atoms with E-state index in [2.05, 4.69) is 22.4 Å². The molecule has 1 aromatic carbocycles. The van der Waals surface area contributed by atoms with E-state index in [1.807, 2.05) is 49.3 Å². The van der Waals surface area contributed by atoms with E-state index < -0.39 is 0 Å². The van der Waals surface area contributed by atoms with E-state index in [0.29, 0.717) is 11.5 Å². The van der Waals surface area contributed by atoms with E-state index in [0.717, 1.165) is 12.2 Å². The topological polar surface area (TPSA) is 45.2 Å². The number of benzene rings is 1. The summed E-state index contributed by atoms with van der Waals surface area (Å²) in [5.74, 6) is 1.25. The Balaban J connectivity index is 1.60. The number of carbonyl (C=O) groups is 1. The maximum absolute atomic E-state index is 12.2. The molecular formula is C17H19N3O. The van der Waals surface area contributed by atoms with Gasteiger partial charge in [-0.2, -0.15) is 0 Å². The lowest BCUT2D eigenvalue weighted by atomic mass is 10.1. The van der Waals surface area contributed by atoms with E-state index in [-0.39, 0.29) is 11.9 Å². The van der Waals surface area contributed by atoms with E-state index in [1.165, 1.54) is 5.56 Å². The van der Waals surface area contributed by atoms with Crippen molar-refractivity contribution in [1.82, 2.24) is 10.3 Å². The number of nitrogens with zero attached hydrogens (tertiary/aromatic N) is 2. The summed E-state index contributed by atoms with van der Waals surface area (Å²) >= 11 is 0. The number of amides is 1. The van der Waals surface area contributed by atoms with Crippen LogP contribution in [-0.4, -0.2) is 31.0 Å². The highest BCUT2D eigenvalue weighted by molar-refractivity contribution is 5.94. The summed E-state index contributed by atoms with van der Waals surface area (Å²) in [5, 5.41) is 3.07. The van der Waals surface area contributed by atoms with Gasteiger partial charge < -0.3 is 10.2 Å². The summed E-state index contributed by atoms with van der Waals surface area (Å²) in [6, 6.07) is 14.2. The molecule has 1 amide bonds. The molecule has 4 nitrogen and oxygen atoms in total. The molecule has 0 unspecified atom stereocenters. The van der Waals surface area contributed by atoms with E-state index >= 15 is 0 Å². The predicted molar refractivity (Wildman–Crippen MR) is 83.6 cm³/mol.